The van der Waals surface area contributed by atoms with Crippen LogP contribution in [0.2, 0.25) is 0 Å². The van der Waals surface area contributed by atoms with Crippen molar-refractivity contribution in [3.05, 3.63) is 30.3 Å². The standard InChI is InChI=1S/C12H15O4/c1-3-14-10(2)16-12(13)9-15-11-7-5-4-6-8-11/h5-8,10H,3,9H2,1-2H3. The van der Waals surface area contributed by atoms with E-state index < -0.39 is 12.3 Å². The van der Waals surface area contributed by atoms with Gasteiger partial charge in [-0.3, -0.25) is 0 Å². The summed E-state index contributed by atoms with van der Waals surface area (Å²) in [6.07, 6.45) is -0.537. The Morgan fingerprint density at radius 1 is 1.44 bits per heavy atom. The van der Waals surface area contributed by atoms with E-state index in [4.69, 9.17) is 14.2 Å². The SMILES string of the molecule is CCOC(C)OC(=O)COc1cc[c]cc1. The lowest BCUT2D eigenvalue weighted by Crippen LogP contribution is -2.22. The molecule has 0 aliphatic rings. The van der Waals surface area contributed by atoms with E-state index in [0.29, 0.717) is 12.4 Å². The zero-order valence-electron chi connectivity index (χ0n) is 9.43. The average Bonchev–Trinajstić information content (AvgIpc) is 2.28. The molecule has 4 nitrogen and oxygen atoms in total. The van der Waals surface area contributed by atoms with E-state index in [1.165, 1.54) is 0 Å². The number of carbonyl (C=O) groups excluding carboxylic acids is 1. The van der Waals surface area contributed by atoms with Crippen LogP contribution in [-0.2, 0) is 14.3 Å². The molecule has 87 valence electrons. The van der Waals surface area contributed by atoms with Crippen molar-refractivity contribution in [1.29, 1.82) is 0 Å². The number of benzene rings is 1. The highest BCUT2D eigenvalue weighted by molar-refractivity contribution is 5.71. The van der Waals surface area contributed by atoms with Crippen molar-refractivity contribution in [3.63, 3.8) is 0 Å². The van der Waals surface area contributed by atoms with E-state index in [2.05, 4.69) is 6.07 Å². The summed E-state index contributed by atoms with van der Waals surface area (Å²) >= 11 is 0. The van der Waals surface area contributed by atoms with Crippen molar-refractivity contribution in [2.24, 2.45) is 0 Å². The molecule has 1 atom stereocenters. The van der Waals surface area contributed by atoms with Crippen LogP contribution >= 0.6 is 0 Å². The third kappa shape index (κ3) is 4.79. The van der Waals surface area contributed by atoms with Gasteiger partial charge >= 0.3 is 5.97 Å². The molecule has 0 aliphatic heterocycles. The molecule has 0 aromatic heterocycles. The Hall–Kier alpha value is -1.55. The fraction of sp³-hybridized carbons (Fsp3) is 0.417. The molecule has 0 amide bonds. The van der Waals surface area contributed by atoms with Crippen LogP contribution in [0, 0.1) is 6.07 Å². The molecule has 0 N–H and O–H groups in total. The molecular formula is C12H15O4. The molecule has 1 aromatic rings. The number of ether oxygens (including phenoxy) is 3. The molecule has 0 heterocycles. The fourth-order valence-electron chi connectivity index (χ4n) is 1.10. The Morgan fingerprint density at radius 3 is 2.75 bits per heavy atom. The minimum atomic E-state index is -0.537. The Bertz CT molecular complexity index is 310. The summed E-state index contributed by atoms with van der Waals surface area (Å²) < 4.78 is 15.2. The lowest BCUT2D eigenvalue weighted by Gasteiger charge is -2.12. The number of hydrogen-bond acceptors (Lipinski definition) is 4. The number of esters is 1. The van der Waals surface area contributed by atoms with Gasteiger partial charge < -0.3 is 14.2 Å². The summed E-state index contributed by atoms with van der Waals surface area (Å²) in [6.45, 7) is 3.88. The summed E-state index contributed by atoms with van der Waals surface area (Å²) in [5.41, 5.74) is 0. The fourth-order valence-corrected chi connectivity index (χ4v) is 1.10. The number of rotatable bonds is 6. The quantitative estimate of drug-likeness (QED) is 0.545. The van der Waals surface area contributed by atoms with Crippen LogP contribution < -0.4 is 4.74 Å². The molecule has 0 bridgehead atoms. The van der Waals surface area contributed by atoms with E-state index in [1.54, 1.807) is 31.2 Å². The topological polar surface area (TPSA) is 44.8 Å². The van der Waals surface area contributed by atoms with Crippen molar-refractivity contribution in [1.82, 2.24) is 0 Å². The largest absolute Gasteiger partial charge is 0.482 e. The van der Waals surface area contributed by atoms with Crippen LogP contribution in [0.15, 0.2) is 24.3 Å². The van der Waals surface area contributed by atoms with Gasteiger partial charge in [-0.15, -0.1) is 0 Å². The van der Waals surface area contributed by atoms with Crippen molar-refractivity contribution in [2.75, 3.05) is 13.2 Å². The van der Waals surface area contributed by atoms with Gasteiger partial charge in [0.25, 0.3) is 0 Å². The van der Waals surface area contributed by atoms with Crippen LogP contribution in [0.1, 0.15) is 13.8 Å². The predicted molar refractivity (Wildman–Crippen MR) is 58.0 cm³/mol. The second kappa shape index (κ2) is 6.85. The van der Waals surface area contributed by atoms with Gasteiger partial charge in [0.2, 0.25) is 0 Å². The van der Waals surface area contributed by atoms with Crippen molar-refractivity contribution >= 4 is 5.97 Å². The average molecular weight is 223 g/mol. The van der Waals surface area contributed by atoms with Crippen molar-refractivity contribution < 1.29 is 19.0 Å². The van der Waals surface area contributed by atoms with Gasteiger partial charge in [0.15, 0.2) is 12.9 Å². The van der Waals surface area contributed by atoms with Gasteiger partial charge in [-0.05, 0) is 32.0 Å². The van der Waals surface area contributed by atoms with Gasteiger partial charge in [0.1, 0.15) is 5.75 Å². The van der Waals surface area contributed by atoms with E-state index in [0.717, 1.165) is 0 Å². The van der Waals surface area contributed by atoms with Crippen LogP contribution in [0.3, 0.4) is 0 Å². The van der Waals surface area contributed by atoms with E-state index in [1.807, 2.05) is 6.92 Å². The van der Waals surface area contributed by atoms with Crippen LogP contribution in [-0.4, -0.2) is 25.5 Å². The predicted octanol–water partition coefficient (Wildman–Crippen LogP) is 1.79. The van der Waals surface area contributed by atoms with E-state index in [-0.39, 0.29) is 6.61 Å². The number of carbonyl (C=O) groups is 1. The second-order valence-corrected chi connectivity index (χ2v) is 3.04. The Balaban J connectivity index is 2.25. The first kappa shape index (κ1) is 12.5. The molecule has 4 heteroatoms. The third-order valence-corrected chi connectivity index (χ3v) is 1.74. The molecule has 1 radical (unpaired) electrons. The van der Waals surface area contributed by atoms with Crippen LogP contribution in [0.4, 0.5) is 0 Å². The Labute approximate surface area is 95.1 Å². The first-order chi connectivity index (χ1) is 7.72. The minimum Gasteiger partial charge on any atom is -0.482 e. The maximum absolute atomic E-state index is 11.3. The lowest BCUT2D eigenvalue weighted by atomic mass is 10.3. The first-order valence-corrected chi connectivity index (χ1v) is 5.12. The summed E-state index contributed by atoms with van der Waals surface area (Å²) in [5.74, 6) is 0.161. The van der Waals surface area contributed by atoms with Gasteiger partial charge in [-0.2, -0.15) is 0 Å². The minimum absolute atomic E-state index is 0.124. The van der Waals surface area contributed by atoms with E-state index in [9.17, 15) is 4.79 Å². The van der Waals surface area contributed by atoms with Gasteiger partial charge in [0.05, 0.1) is 0 Å². The monoisotopic (exact) mass is 223 g/mol. The lowest BCUT2D eigenvalue weighted by molar-refractivity contribution is -0.175. The van der Waals surface area contributed by atoms with Gasteiger partial charge in [-0.1, -0.05) is 12.1 Å². The molecule has 0 saturated heterocycles. The number of hydrogen-bond donors (Lipinski definition) is 0. The van der Waals surface area contributed by atoms with Crippen molar-refractivity contribution in [2.45, 2.75) is 20.1 Å². The Kier molecular flexibility index (Phi) is 5.36. The molecule has 1 unspecified atom stereocenters. The second-order valence-electron chi connectivity index (χ2n) is 3.04. The van der Waals surface area contributed by atoms with Crippen LogP contribution in [0.25, 0.3) is 0 Å². The van der Waals surface area contributed by atoms with Crippen LogP contribution in [0.5, 0.6) is 5.75 Å². The zero-order valence-corrected chi connectivity index (χ0v) is 9.43. The smallest absolute Gasteiger partial charge is 0.346 e. The molecule has 0 fully saturated rings. The van der Waals surface area contributed by atoms with E-state index >= 15 is 0 Å². The summed E-state index contributed by atoms with van der Waals surface area (Å²) in [5, 5.41) is 0. The van der Waals surface area contributed by atoms with Gasteiger partial charge in [-0.25, -0.2) is 4.79 Å². The maximum atomic E-state index is 11.3. The molecule has 16 heavy (non-hydrogen) atoms. The molecule has 0 spiro atoms. The summed E-state index contributed by atoms with van der Waals surface area (Å²) in [7, 11) is 0. The Morgan fingerprint density at radius 2 is 2.12 bits per heavy atom. The highest BCUT2D eigenvalue weighted by atomic mass is 16.7. The third-order valence-electron chi connectivity index (χ3n) is 1.74. The molecular weight excluding hydrogens is 208 g/mol. The zero-order chi connectivity index (χ0) is 11.8. The summed E-state index contributed by atoms with van der Waals surface area (Å²) in [4.78, 5) is 11.3. The molecule has 0 aliphatic carbocycles. The van der Waals surface area contributed by atoms with Gasteiger partial charge in [0, 0.05) is 6.61 Å². The molecule has 1 aromatic carbocycles. The molecule has 1 rings (SSSR count). The first-order valence-electron chi connectivity index (χ1n) is 5.12. The maximum Gasteiger partial charge on any atom is 0.346 e. The highest BCUT2D eigenvalue weighted by Crippen LogP contribution is 2.07. The summed E-state index contributed by atoms with van der Waals surface area (Å²) in [6, 6.07) is 9.72. The van der Waals surface area contributed by atoms with Crippen molar-refractivity contribution in [3.8, 4) is 5.75 Å². The normalized spacial score (nSPS) is 11.9. The highest BCUT2D eigenvalue weighted by Gasteiger charge is 2.09. The molecule has 0 saturated carbocycles.